The first-order chi connectivity index (χ1) is 14.5. The summed E-state index contributed by atoms with van der Waals surface area (Å²) in [6, 6.07) is 14.7. The van der Waals surface area contributed by atoms with Crippen LogP contribution in [0.25, 0.3) is 10.9 Å². The number of hydrogen-bond donors (Lipinski definition) is 1. The quantitative estimate of drug-likeness (QED) is 0.515. The van der Waals surface area contributed by atoms with Gasteiger partial charge in [-0.1, -0.05) is 35.9 Å². The van der Waals surface area contributed by atoms with Gasteiger partial charge in [0.15, 0.2) is 0 Å². The van der Waals surface area contributed by atoms with Gasteiger partial charge in [-0.15, -0.1) is 0 Å². The lowest BCUT2D eigenvalue weighted by atomic mass is 10.1. The van der Waals surface area contributed by atoms with E-state index >= 15 is 0 Å². The average Bonchev–Trinajstić information content (AvgIpc) is 3.16. The number of carbonyl (C=O) groups excluding carboxylic acids is 1. The highest BCUT2D eigenvalue weighted by atomic mass is 35.5. The highest BCUT2D eigenvalue weighted by Gasteiger charge is 2.10. The Labute approximate surface area is 177 Å². The van der Waals surface area contributed by atoms with Crippen molar-refractivity contribution in [3.8, 4) is 0 Å². The number of aromatic nitrogens is 4. The summed E-state index contributed by atoms with van der Waals surface area (Å²) >= 11 is 5.92. The number of halogens is 1. The van der Waals surface area contributed by atoms with E-state index in [9.17, 15) is 9.59 Å². The van der Waals surface area contributed by atoms with Crippen molar-refractivity contribution < 1.29 is 4.79 Å². The molecule has 0 bridgehead atoms. The predicted octanol–water partition coefficient (Wildman–Crippen LogP) is 3.63. The molecule has 4 aromatic rings. The third-order valence-electron chi connectivity index (χ3n) is 4.86. The molecular formula is C22H20ClN5O2. The molecule has 0 saturated heterocycles. The molecule has 30 heavy (non-hydrogen) atoms. The number of carbonyl (C=O) groups is 1. The molecule has 0 fully saturated rings. The van der Waals surface area contributed by atoms with Gasteiger partial charge < -0.3 is 5.32 Å². The second-order valence-electron chi connectivity index (χ2n) is 7.01. The molecule has 152 valence electrons. The van der Waals surface area contributed by atoms with E-state index in [0.717, 1.165) is 11.1 Å². The summed E-state index contributed by atoms with van der Waals surface area (Å²) in [5.41, 5.74) is 2.50. The fourth-order valence-corrected chi connectivity index (χ4v) is 3.38. The second kappa shape index (κ2) is 8.51. The summed E-state index contributed by atoms with van der Waals surface area (Å²) in [4.78, 5) is 29.5. The third-order valence-corrected chi connectivity index (χ3v) is 5.12. The zero-order valence-corrected chi connectivity index (χ0v) is 17.1. The van der Waals surface area contributed by atoms with Crippen LogP contribution in [0.1, 0.15) is 17.5 Å². The molecule has 0 radical (unpaired) electrons. The molecule has 1 N–H and O–H groups in total. The van der Waals surface area contributed by atoms with Crippen LogP contribution in [-0.4, -0.2) is 25.2 Å². The molecule has 2 heterocycles. The fraction of sp³-hybridized carbons (Fsp3) is 0.182. The summed E-state index contributed by atoms with van der Waals surface area (Å²) in [6.07, 6.45) is 3.27. The molecule has 4 rings (SSSR count). The molecule has 0 spiro atoms. The van der Waals surface area contributed by atoms with Crippen LogP contribution in [-0.2, 0) is 17.9 Å². The number of amides is 1. The van der Waals surface area contributed by atoms with E-state index in [1.54, 1.807) is 23.0 Å². The normalized spacial score (nSPS) is 11.0. The Morgan fingerprint density at radius 2 is 1.93 bits per heavy atom. The van der Waals surface area contributed by atoms with Crippen molar-refractivity contribution in [1.82, 2.24) is 19.3 Å². The van der Waals surface area contributed by atoms with Crippen molar-refractivity contribution in [3.63, 3.8) is 0 Å². The van der Waals surface area contributed by atoms with Gasteiger partial charge >= 0.3 is 0 Å². The standard InChI is InChI=1S/C22H20ClN5O2/c1-15-3-2-4-18-21(15)24-14-27(22(18)30)12-10-20(29)26-19-9-11-25-28(19)13-16-5-7-17(23)8-6-16/h2-9,11,14H,10,12-13H2,1H3,(H,26,29). The summed E-state index contributed by atoms with van der Waals surface area (Å²) in [5.74, 6) is 0.388. The van der Waals surface area contributed by atoms with Crippen LogP contribution < -0.4 is 10.9 Å². The van der Waals surface area contributed by atoms with Gasteiger partial charge in [0.1, 0.15) is 5.82 Å². The largest absolute Gasteiger partial charge is 0.311 e. The number of para-hydroxylation sites is 1. The van der Waals surface area contributed by atoms with Gasteiger partial charge in [0.25, 0.3) is 5.56 Å². The van der Waals surface area contributed by atoms with Crippen molar-refractivity contribution in [3.05, 3.63) is 87.6 Å². The van der Waals surface area contributed by atoms with Crippen molar-refractivity contribution in [1.29, 1.82) is 0 Å². The van der Waals surface area contributed by atoms with Crippen LogP contribution in [0.5, 0.6) is 0 Å². The second-order valence-corrected chi connectivity index (χ2v) is 7.45. The van der Waals surface area contributed by atoms with Crippen molar-refractivity contribution in [2.45, 2.75) is 26.4 Å². The molecule has 0 atom stereocenters. The number of aryl methyl sites for hydroxylation is 2. The molecule has 2 aromatic heterocycles. The smallest absolute Gasteiger partial charge is 0.261 e. The van der Waals surface area contributed by atoms with E-state index in [1.165, 1.54) is 10.9 Å². The third kappa shape index (κ3) is 4.26. The monoisotopic (exact) mass is 421 g/mol. The Bertz CT molecular complexity index is 1260. The lowest BCUT2D eigenvalue weighted by molar-refractivity contribution is -0.116. The van der Waals surface area contributed by atoms with E-state index in [1.807, 2.05) is 43.3 Å². The summed E-state index contributed by atoms with van der Waals surface area (Å²) in [7, 11) is 0. The summed E-state index contributed by atoms with van der Waals surface area (Å²) < 4.78 is 3.17. The number of hydrogen-bond acceptors (Lipinski definition) is 4. The minimum atomic E-state index is -0.205. The summed E-state index contributed by atoms with van der Waals surface area (Å²) in [6.45, 7) is 2.67. The van der Waals surface area contributed by atoms with Crippen LogP contribution >= 0.6 is 11.6 Å². The van der Waals surface area contributed by atoms with Crippen LogP contribution in [0.4, 0.5) is 5.82 Å². The van der Waals surface area contributed by atoms with Gasteiger partial charge in [0.2, 0.25) is 5.91 Å². The minimum absolute atomic E-state index is 0.144. The number of anilines is 1. The van der Waals surface area contributed by atoms with E-state index < -0.39 is 0 Å². The van der Waals surface area contributed by atoms with Gasteiger partial charge in [-0.3, -0.25) is 14.2 Å². The lowest BCUT2D eigenvalue weighted by Crippen LogP contribution is -2.24. The van der Waals surface area contributed by atoms with Gasteiger partial charge in [-0.05, 0) is 36.2 Å². The molecule has 0 aliphatic carbocycles. The van der Waals surface area contributed by atoms with E-state index in [4.69, 9.17) is 11.6 Å². The maximum absolute atomic E-state index is 12.7. The molecule has 7 nitrogen and oxygen atoms in total. The van der Waals surface area contributed by atoms with Crippen LogP contribution in [0, 0.1) is 6.92 Å². The van der Waals surface area contributed by atoms with Crippen molar-refractivity contribution in [2.24, 2.45) is 0 Å². The van der Waals surface area contributed by atoms with Crippen LogP contribution in [0.15, 0.2) is 65.8 Å². The Morgan fingerprint density at radius 3 is 2.73 bits per heavy atom. The Hall–Kier alpha value is -3.45. The molecule has 1 amide bonds. The van der Waals surface area contributed by atoms with Gasteiger partial charge in [-0.25, -0.2) is 9.67 Å². The maximum Gasteiger partial charge on any atom is 0.261 e. The Morgan fingerprint density at radius 1 is 1.13 bits per heavy atom. The predicted molar refractivity (Wildman–Crippen MR) is 117 cm³/mol. The number of benzene rings is 2. The molecule has 0 aliphatic rings. The first-order valence-corrected chi connectivity index (χ1v) is 9.90. The molecule has 0 unspecified atom stereocenters. The fourth-order valence-electron chi connectivity index (χ4n) is 3.25. The molecular weight excluding hydrogens is 402 g/mol. The first-order valence-electron chi connectivity index (χ1n) is 9.52. The van der Waals surface area contributed by atoms with E-state index in [0.29, 0.717) is 28.3 Å². The topological polar surface area (TPSA) is 81.8 Å². The number of rotatable bonds is 6. The Balaban J connectivity index is 1.42. The van der Waals surface area contributed by atoms with Crippen LogP contribution in [0.3, 0.4) is 0 Å². The van der Waals surface area contributed by atoms with E-state index in [2.05, 4.69) is 15.4 Å². The number of nitrogens with one attached hydrogen (secondary N) is 1. The van der Waals surface area contributed by atoms with Crippen molar-refractivity contribution >= 4 is 34.2 Å². The lowest BCUT2D eigenvalue weighted by Gasteiger charge is -2.10. The highest BCUT2D eigenvalue weighted by molar-refractivity contribution is 6.30. The first kappa shape index (κ1) is 19.8. The minimum Gasteiger partial charge on any atom is -0.311 e. The molecule has 8 heteroatoms. The zero-order chi connectivity index (χ0) is 21.1. The molecule has 0 aliphatic heterocycles. The van der Waals surface area contributed by atoms with Crippen LogP contribution in [0.2, 0.25) is 5.02 Å². The SMILES string of the molecule is Cc1cccc2c(=O)n(CCC(=O)Nc3ccnn3Cc3ccc(Cl)cc3)cnc12. The van der Waals surface area contributed by atoms with Gasteiger partial charge in [0, 0.05) is 24.1 Å². The number of fused-ring (bicyclic) bond motifs is 1. The zero-order valence-electron chi connectivity index (χ0n) is 16.4. The van der Waals surface area contributed by atoms with Crippen molar-refractivity contribution in [2.75, 3.05) is 5.32 Å². The summed E-state index contributed by atoms with van der Waals surface area (Å²) in [5, 5.41) is 8.35. The highest BCUT2D eigenvalue weighted by Crippen LogP contribution is 2.14. The maximum atomic E-state index is 12.7. The van der Waals surface area contributed by atoms with Gasteiger partial charge in [0.05, 0.1) is 30.0 Å². The molecule has 2 aromatic carbocycles. The average molecular weight is 422 g/mol. The number of nitrogens with zero attached hydrogens (tertiary/aromatic N) is 4. The Kier molecular flexibility index (Phi) is 5.63. The van der Waals surface area contributed by atoms with Gasteiger partial charge in [-0.2, -0.15) is 5.10 Å². The van der Waals surface area contributed by atoms with E-state index in [-0.39, 0.29) is 24.4 Å². The molecule has 0 saturated carbocycles.